The molecule has 0 aliphatic rings. The molecule has 0 saturated carbocycles. The fourth-order valence-electron chi connectivity index (χ4n) is 1.43. The molecule has 0 amide bonds. The van der Waals surface area contributed by atoms with Gasteiger partial charge in [0, 0.05) is 5.02 Å². The molecule has 2 rings (SSSR count). The van der Waals surface area contributed by atoms with Crippen LogP contribution in [0.15, 0.2) is 42.5 Å². The highest BCUT2D eigenvalue weighted by Crippen LogP contribution is 2.34. The second kappa shape index (κ2) is 5.39. The van der Waals surface area contributed by atoms with Crippen LogP contribution in [0.4, 0.5) is 5.69 Å². The van der Waals surface area contributed by atoms with E-state index in [-0.39, 0.29) is 5.69 Å². The van der Waals surface area contributed by atoms with Crippen LogP contribution in [-0.2, 0) is 0 Å². The summed E-state index contributed by atoms with van der Waals surface area (Å²) in [5, 5.41) is 9.35. The molecule has 90 valence electrons. The number of hydrogen-bond acceptors (Lipinski definition) is 3. The van der Waals surface area contributed by atoms with Crippen molar-refractivity contribution < 1.29 is 9.47 Å². The van der Waals surface area contributed by atoms with Crippen LogP contribution < -0.4 is 9.47 Å². The van der Waals surface area contributed by atoms with Gasteiger partial charge in [-0.2, -0.15) is 0 Å². The van der Waals surface area contributed by atoms with Crippen LogP contribution in [-0.4, -0.2) is 7.11 Å². The van der Waals surface area contributed by atoms with Crippen LogP contribution in [0.3, 0.4) is 0 Å². The van der Waals surface area contributed by atoms with E-state index in [2.05, 4.69) is 4.98 Å². The average Bonchev–Trinajstić information content (AvgIpc) is 2.41. The largest absolute Gasteiger partial charge is 0.497 e. The second-order valence-electron chi connectivity index (χ2n) is 3.49. The summed E-state index contributed by atoms with van der Waals surface area (Å²) < 4.78 is 10.6. The molecular formula is C13H10ClN2O2+. The van der Waals surface area contributed by atoms with Crippen molar-refractivity contribution in [2.45, 2.75) is 0 Å². The van der Waals surface area contributed by atoms with Crippen molar-refractivity contribution in [3.8, 4) is 17.2 Å². The highest BCUT2D eigenvalue weighted by molar-refractivity contribution is 6.30. The minimum absolute atomic E-state index is 0.276. The van der Waals surface area contributed by atoms with E-state index in [1.807, 2.05) is 0 Å². The first-order valence-electron chi connectivity index (χ1n) is 5.19. The van der Waals surface area contributed by atoms with Gasteiger partial charge in [0.25, 0.3) is 0 Å². The van der Waals surface area contributed by atoms with E-state index in [1.54, 1.807) is 43.5 Å². The van der Waals surface area contributed by atoms with Gasteiger partial charge in [0.15, 0.2) is 4.98 Å². The Morgan fingerprint density at radius 1 is 1.06 bits per heavy atom. The standard InChI is InChI=1S/C13H10ClN2O2/c1-17-10-3-5-11(6-4-10)18-13-7-2-9(14)8-12(13)16-15/h2-8H,1H3/q+1. The number of diazo groups is 1. The molecule has 0 unspecified atom stereocenters. The van der Waals surface area contributed by atoms with Crippen LogP contribution in [0.5, 0.6) is 17.2 Å². The molecule has 0 bridgehead atoms. The van der Waals surface area contributed by atoms with Crippen molar-refractivity contribution in [1.82, 2.24) is 0 Å². The summed E-state index contributed by atoms with van der Waals surface area (Å²) in [7, 11) is 1.60. The third-order valence-electron chi connectivity index (χ3n) is 2.32. The molecule has 2 aromatic carbocycles. The summed E-state index contributed by atoms with van der Waals surface area (Å²) in [4.78, 5) is 3.13. The molecule has 0 spiro atoms. The summed E-state index contributed by atoms with van der Waals surface area (Å²) >= 11 is 5.79. The predicted octanol–water partition coefficient (Wildman–Crippen LogP) is 4.63. The molecule has 0 heterocycles. The Morgan fingerprint density at radius 3 is 2.33 bits per heavy atom. The first-order valence-corrected chi connectivity index (χ1v) is 5.57. The van der Waals surface area contributed by atoms with Crippen LogP contribution >= 0.6 is 11.6 Å². The Hall–Kier alpha value is -2.25. The smallest absolute Gasteiger partial charge is 0.428 e. The van der Waals surface area contributed by atoms with Crippen molar-refractivity contribution >= 4 is 17.3 Å². The second-order valence-corrected chi connectivity index (χ2v) is 3.93. The van der Waals surface area contributed by atoms with Crippen molar-refractivity contribution in [3.05, 3.63) is 52.5 Å². The van der Waals surface area contributed by atoms with Gasteiger partial charge in [0.1, 0.15) is 11.5 Å². The van der Waals surface area contributed by atoms with Crippen LogP contribution in [0.2, 0.25) is 5.02 Å². The molecule has 0 aromatic heterocycles. The zero-order valence-corrected chi connectivity index (χ0v) is 10.4. The third-order valence-corrected chi connectivity index (χ3v) is 2.55. The monoisotopic (exact) mass is 261 g/mol. The average molecular weight is 262 g/mol. The highest BCUT2D eigenvalue weighted by Gasteiger charge is 2.16. The normalized spacial score (nSPS) is 9.61. The van der Waals surface area contributed by atoms with Gasteiger partial charge >= 0.3 is 5.69 Å². The Bertz CT molecular complexity index is 591. The first-order chi connectivity index (χ1) is 8.72. The fourth-order valence-corrected chi connectivity index (χ4v) is 1.59. The molecule has 0 saturated heterocycles. The Morgan fingerprint density at radius 2 is 1.72 bits per heavy atom. The molecule has 0 fully saturated rings. The summed E-state index contributed by atoms with van der Waals surface area (Å²) in [5.41, 5.74) is 0.276. The van der Waals surface area contributed by atoms with E-state index < -0.39 is 0 Å². The van der Waals surface area contributed by atoms with E-state index in [4.69, 9.17) is 26.5 Å². The number of hydrogen-bond donors (Lipinski definition) is 0. The van der Waals surface area contributed by atoms with E-state index in [1.165, 1.54) is 6.07 Å². The van der Waals surface area contributed by atoms with E-state index in [9.17, 15) is 0 Å². The summed E-state index contributed by atoms with van der Waals surface area (Å²) in [6.45, 7) is 0. The lowest BCUT2D eigenvalue weighted by molar-refractivity contribution is 0.413. The van der Waals surface area contributed by atoms with Gasteiger partial charge in [-0.15, -0.1) is 0 Å². The highest BCUT2D eigenvalue weighted by atomic mass is 35.5. The van der Waals surface area contributed by atoms with E-state index in [0.717, 1.165) is 5.75 Å². The minimum Gasteiger partial charge on any atom is -0.497 e. The lowest BCUT2D eigenvalue weighted by Crippen LogP contribution is -1.86. The number of nitrogens with zero attached hydrogens (tertiary/aromatic N) is 2. The molecule has 4 nitrogen and oxygen atoms in total. The molecule has 0 radical (unpaired) electrons. The molecule has 5 heteroatoms. The SMILES string of the molecule is COc1ccc(Oc2ccc(Cl)cc2[N+]#N)cc1. The maximum Gasteiger partial charge on any atom is 0.428 e. The Labute approximate surface area is 109 Å². The van der Waals surface area contributed by atoms with Crippen LogP contribution in [0.1, 0.15) is 0 Å². The van der Waals surface area contributed by atoms with Gasteiger partial charge in [0.05, 0.1) is 13.2 Å². The molecule has 0 atom stereocenters. The van der Waals surface area contributed by atoms with Gasteiger partial charge < -0.3 is 9.47 Å². The number of ether oxygens (including phenoxy) is 2. The first kappa shape index (κ1) is 12.2. The molecule has 2 aromatic rings. The van der Waals surface area contributed by atoms with E-state index in [0.29, 0.717) is 16.5 Å². The lowest BCUT2D eigenvalue weighted by Gasteiger charge is -2.04. The quantitative estimate of drug-likeness (QED) is 0.757. The van der Waals surface area contributed by atoms with Gasteiger partial charge in [-0.05, 0) is 36.4 Å². The number of halogens is 1. The van der Waals surface area contributed by atoms with Crippen molar-refractivity contribution in [1.29, 1.82) is 5.39 Å². The topological polar surface area (TPSA) is 46.6 Å². The van der Waals surface area contributed by atoms with Gasteiger partial charge in [-0.1, -0.05) is 11.6 Å². The fraction of sp³-hybridized carbons (Fsp3) is 0.0769. The molecular weight excluding hydrogens is 252 g/mol. The van der Waals surface area contributed by atoms with Crippen molar-refractivity contribution in [2.75, 3.05) is 7.11 Å². The van der Waals surface area contributed by atoms with Gasteiger partial charge in [-0.25, -0.2) is 0 Å². The molecule has 0 N–H and O–H groups in total. The molecule has 0 aliphatic heterocycles. The third kappa shape index (κ3) is 2.70. The van der Waals surface area contributed by atoms with E-state index >= 15 is 0 Å². The van der Waals surface area contributed by atoms with Crippen LogP contribution in [0, 0.1) is 5.39 Å². The zero-order valence-electron chi connectivity index (χ0n) is 9.63. The summed E-state index contributed by atoms with van der Waals surface area (Å²) in [5.74, 6) is 1.78. The van der Waals surface area contributed by atoms with Crippen LogP contribution in [0.25, 0.3) is 4.98 Å². The molecule has 18 heavy (non-hydrogen) atoms. The summed E-state index contributed by atoms with van der Waals surface area (Å²) in [6.07, 6.45) is 0. The van der Waals surface area contributed by atoms with Gasteiger partial charge in [-0.3, -0.25) is 0 Å². The maximum absolute atomic E-state index is 8.87. The molecule has 0 aliphatic carbocycles. The Kier molecular flexibility index (Phi) is 3.66. The predicted molar refractivity (Wildman–Crippen MR) is 69.3 cm³/mol. The minimum atomic E-state index is 0.276. The summed E-state index contributed by atoms with van der Waals surface area (Å²) in [6, 6.07) is 11.9. The maximum atomic E-state index is 8.87. The van der Waals surface area contributed by atoms with Crippen molar-refractivity contribution in [2.24, 2.45) is 0 Å². The lowest BCUT2D eigenvalue weighted by atomic mass is 10.3. The Balaban J connectivity index is 2.25. The van der Waals surface area contributed by atoms with Gasteiger partial charge in [0.2, 0.25) is 11.1 Å². The van der Waals surface area contributed by atoms with Crippen molar-refractivity contribution in [3.63, 3.8) is 0 Å². The number of benzene rings is 2. The number of rotatable bonds is 3. The number of methoxy groups -OCH3 is 1. The zero-order chi connectivity index (χ0) is 13.0.